The first kappa shape index (κ1) is 27.1. The van der Waals surface area contributed by atoms with Crippen molar-refractivity contribution in [3.63, 3.8) is 0 Å². The van der Waals surface area contributed by atoms with Gasteiger partial charge in [0.15, 0.2) is 6.61 Å². The summed E-state index contributed by atoms with van der Waals surface area (Å²) in [6.45, 7) is 2.51. The van der Waals surface area contributed by atoms with E-state index < -0.39 is 6.04 Å². The molecule has 0 aromatic heterocycles. The second-order valence-electron chi connectivity index (χ2n) is 8.01. The number of ether oxygens (including phenoxy) is 1. The van der Waals surface area contributed by atoms with Crippen molar-refractivity contribution in [2.45, 2.75) is 32.4 Å². The second kappa shape index (κ2) is 13.5. The molecule has 8 heteroatoms. The topological polar surface area (TPSA) is 58.6 Å². The normalized spacial score (nSPS) is 11.5. The van der Waals surface area contributed by atoms with Crippen molar-refractivity contribution in [3.05, 3.63) is 98.4 Å². The Hall–Kier alpha value is -2.54. The van der Waals surface area contributed by atoms with Gasteiger partial charge in [-0.05, 0) is 63.8 Å². The standard InChI is InChI=1S/C27H27BrCl2N2O3/c1-2-14-31-27(34)24(15-19-6-4-3-5-7-19)32(17-20-8-10-21(29)11-9-20)26(33)18-35-25-13-12-22(30)16-23(25)28/h3-13,16,24H,2,14-15,17-18H2,1H3,(H,31,34)/t24-/m1/s1. The van der Waals surface area contributed by atoms with Crippen LogP contribution < -0.4 is 10.1 Å². The summed E-state index contributed by atoms with van der Waals surface area (Å²) >= 11 is 15.5. The van der Waals surface area contributed by atoms with Crippen LogP contribution in [0, 0.1) is 0 Å². The van der Waals surface area contributed by atoms with Gasteiger partial charge in [0.2, 0.25) is 5.91 Å². The van der Waals surface area contributed by atoms with Crippen molar-refractivity contribution in [1.82, 2.24) is 10.2 Å². The second-order valence-corrected chi connectivity index (χ2v) is 9.74. The van der Waals surface area contributed by atoms with E-state index in [2.05, 4.69) is 21.2 Å². The lowest BCUT2D eigenvalue weighted by Crippen LogP contribution is -2.51. The van der Waals surface area contributed by atoms with E-state index in [1.165, 1.54) is 0 Å². The highest BCUT2D eigenvalue weighted by atomic mass is 79.9. The van der Waals surface area contributed by atoms with E-state index in [9.17, 15) is 9.59 Å². The van der Waals surface area contributed by atoms with E-state index in [4.69, 9.17) is 27.9 Å². The quantitative estimate of drug-likeness (QED) is 0.291. The lowest BCUT2D eigenvalue weighted by molar-refractivity contribution is -0.142. The highest BCUT2D eigenvalue weighted by Gasteiger charge is 2.30. The monoisotopic (exact) mass is 576 g/mol. The van der Waals surface area contributed by atoms with Crippen LogP contribution >= 0.6 is 39.1 Å². The number of rotatable bonds is 11. The minimum absolute atomic E-state index is 0.203. The fourth-order valence-corrected chi connectivity index (χ4v) is 4.44. The van der Waals surface area contributed by atoms with Gasteiger partial charge in [-0.1, -0.05) is 72.6 Å². The molecule has 3 aromatic rings. The first-order valence-electron chi connectivity index (χ1n) is 11.3. The summed E-state index contributed by atoms with van der Waals surface area (Å²) in [5, 5.41) is 4.11. The van der Waals surface area contributed by atoms with E-state index >= 15 is 0 Å². The molecule has 5 nitrogen and oxygen atoms in total. The molecule has 35 heavy (non-hydrogen) atoms. The van der Waals surface area contributed by atoms with Crippen LogP contribution in [0.2, 0.25) is 10.0 Å². The van der Waals surface area contributed by atoms with Gasteiger partial charge in [0, 0.05) is 29.6 Å². The van der Waals surface area contributed by atoms with Crippen LogP contribution in [0.15, 0.2) is 77.3 Å². The highest BCUT2D eigenvalue weighted by molar-refractivity contribution is 9.10. The maximum atomic E-state index is 13.5. The number of nitrogens with zero attached hydrogens (tertiary/aromatic N) is 1. The van der Waals surface area contributed by atoms with Gasteiger partial charge in [-0.2, -0.15) is 0 Å². The van der Waals surface area contributed by atoms with E-state index in [1.807, 2.05) is 49.4 Å². The van der Waals surface area contributed by atoms with Crippen LogP contribution in [0.1, 0.15) is 24.5 Å². The number of hydrogen-bond donors (Lipinski definition) is 1. The molecule has 3 rings (SSSR count). The summed E-state index contributed by atoms with van der Waals surface area (Å²) in [5.41, 5.74) is 1.82. The van der Waals surface area contributed by atoms with Crippen molar-refractivity contribution >= 4 is 50.9 Å². The maximum Gasteiger partial charge on any atom is 0.261 e. The van der Waals surface area contributed by atoms with Crippen LogP contribution in [0.4, 0.5) is 0 Å². The van der Waals surface area contributed by atoms with Gasteiger partial charge in [0.25, 0.3) is 5.91 Å². The Labute approximate surface area is 224 Å². The van der Waals surface area contributed by atoms with Gasteiger partial charge < -0.3 is 15.0 Å². The van der Waals surface area contributed by atoms with Crippen molar-refractivity contribution in [2.24, 2.45) is 0 Å². The molecule has 0 saturated heterocycles. The SMILES string of the molecule is CCCNC(=O)[C@@H](Cc1ccccc1)N(Cc1ccc(Cl)cc1)C(=O)COc1ccc(Cl)cc1Br. The minimum atomic E-state index is -0.718. The molecule has 0 unspecified atom stereocenters. The third-order valence-electron chi connectivity index (χ3n) is 5.33. The van der Waals surface area contributed by atoms with Crippen LogP contribution in [0.5, 0.6) is 5.75 Å². The minimum Gasteiger partial charge on any atom is -0.483 e. The van der Waals surface area contributed by atoms with E-state index in [-0.39, 0.29) is 25.0 Å². The van der Waals surface area contributed by atoms with Crippen LogP contribution in [0.3, 0.4) is 0 Å². The Morgan fingerprint density at radius 1 is 0.971 bits per heavy atom. The first-order chi connectivity index (χ1) is 16.9. The molecule has 0 aliphatic heterocycles. The summed E-state index contributed by atoms with van der Waals surface area (Å²) in [5.74, 6) is -0.0238. The lowest BCUT2D eigenvalue weighted by Gasteiger charge is -2.31. The summed E-state index contributed by atoms with van der Waals surface area (Å²) in [7, 11) is 0. The molecule has 0 spiro atoms. The molecule has 0 bridgehead atoms. The summed E-state index contributed by atoms with van der Waals surface area (Å²) in [6.07, 6.45) is 1.17. The number of amides is 2. The molecule has 0 saturated carbocycles. The molecule has 0 radical (unpaired) electrons. The number of hydrogen-bond acceptors (Lipinski definition) is 3. The van der Waals surface area contributed by atoms with Crippen LogP contribution in [0.25, 0.3) is 0 Å². The third kappa shape index (κ3) is 8.27. The number of benzene rings is 3. The lowest BCUT2D eigenvalue weighted by atomic mass is 10.0. The number of carbonyl (C=O) groups excluding carboxylic acids is 2. The maximum absolute atomic E-state index is 13.5. The molecule has 0 aliphatic carbocycles. The summed E-state index contributed by atoms with van der Waals surface area (Å²) in [6, 6.07) is 21.3. The molecule has 1 N–H and O–H groups in total. The van der Waals surface area contributed by atoms with Crippen LogP contribution in [-0.4, -0.2) is 35.9 Å². The number of carbonyl (C=O) groups is 2. The van der Waals surface area contributed by atoms with Gasteiger partial charge in [0.1, 0.15) is 11.8 Å². The predicted molar refractivity (Wildman–Crippen MR) is 144 cm³/mol. The Balaban J connectivity index is 1.89. The van der Waals surface area contributed by atoms with Crippen molar-refractivity contribution < 1.29 is 14.3 Å². The van der Waals surface area contributed by atoms with Gasteiger partial charge in [-0.25, -0.2) is 0 Å². The van der Waals surface area contributed by atoms with Gasteiger partial charge in [0.05, 0.1) is 4.47 Å². The summed E-state index contributed by atoms with van der Waals surface area (Å²) in [4.78, 5) is 28.4. The molecule has 0 aliphatic rings. The first-order valence-corrected chi connectivity index (χ1v) is 12.9. The Kier molecular flexibility index (Phi) is 10.5. The molecule has 1 atom stereocenters. The smallest absolute Gasteiger partial charge is 0.261 e. The zero-order valence-corrected chi connectivity index (χ0v) is 22.4. The largest absolute Gasteiger partial charge is 0.483 e. The molecule has 3 aromatic carbocycles. The molecular weight excluding hydrogens is 551 g/mol. The average molecular weight is 578 g/mol. The molecule has 0 heterocycles. The Morgan fingerprint density at radius 3 is 2.31 bits per heavy atom. The van der Waals surface area contributed by atoms with Crippen molar-refractivity contribution in [1.29, 1.82) is 0 Å². The molecule has 184 valence electrons. The van der Waals surface area contributed by atoms with E-state index in [0.29, 0.717) is 33.2 Å². The fraction of sp³-hybridized carbons (Fsp3) is 0.259. The third-order valence-corrected chi connectivity index (χ3v) is 6.44. The van der Waals surface area contributed by atoms with E-state index in [1.54, 1.807) is 35.2 Å². The Morgan fingerprint density at radius 2 is 1.66 bits per heavy atom. The molecular formula is C27H27BrCl2N2O3. The predicted octanol–water partition coefficient (Wildman–Crippen LogP) is 6.30. The van der Waals surface area contributed by atoms with Crippen molar-refractivity contribution in [2.75, 3.05) is 13.2 Å². The van der Waals surface area contributed by atoms with Gasteiger partial charge >= 0.3 is 0 Å². The van der Waals surface area contributed by atoms with Gasteiger partial charge in [-0.3, -0.25) is 9.59 Å². The van der Waals surface area contributed by atoms with Crippen LogP contribution in [-0.2, 0) is 22.6 Å². The average Bonchev–Trinajstić information content (AvgIpc) is 2.85. The zero-order chi connectivity index (χ0) is 25.2. The van der Waals surface area contributed by atoms with Gasteiger partial charge in [-0.15, -0.1) is 0 Å². The number of nitrogens with one attached hydrogen (secondary N) is 1. The number of halogens is 3. The van der Waals surface area contributed by atoms with Crippen molar-refractivity contribution in [3.8, 4) is 5.75 Å². The zero-order valence-electron chi connectivity index (χ0n) is 19.3. The fourth-order valence-electron chi connectivity index (χ4n) is 3.52. The Bertz CT molecular complexity index is 1130. The van der Waals surface area contributed by atoms with E-state index in [0.717, 1.165) is 17.5 Å². The highest BCUT2D eigenvalue weighted by Crippen LogP contribution is 2.28. The molecule has 2 amide bonds. The molecule has 0 fully saturated rings. The summed E-state index contributed by atoms with van der Waals surface area (Å²) < 4.78 is 6.45.